The van der Waals surface area contributed by atoms with Gasteiger partial charge >= 0.3 is 0 Å². The SMILES string of the molecule is CCC(CNC1CC1)N1C[C@@H](C)O[C@@H](C)C1. The number of nitrogens with one attached hydrogen (secondary N) is 1. The topological polar surface area (TPSA) is 24.5 Å². The second kappa shape index (κ2) is 5.48. The van der Waals surface area contributed by atoms with E-state index in [1.165, 1.54) is 19.3 Å². The Balaban J connectivity index is 1.80. The van der Waals surface area contributed by atoms with E-state index in [1.807, 2.05) is 0 Å². The second-order valence-corrected chi connectivity index (χ2v) is 5.46. The first-order valence-electron chi connectivity index (χ1n) is 6.82. The van der Waals surface area contributed by atoms with Crippen LogP contribution in [0.5, 0.6) is 0 Å². The van der Waals surface area contributed by atoms with Gasteiger partial charge in [0.1, 0.15) is 0 Å². The highest BCUT2D eigenvalue weighted by molar-refractivity contribution is 4.85. The molecule has 94 valence electrons. The lowest BCUT2D eigenvalue weighted by Gasteiger charge is -2.40. The van der Waals surface area contributed by atoms with E-state index in [0.29, 0.717) is 18.2 Å². The van der Waals surface area contributed by atoms with Crippen molar-refractivity contribution in [2.24, 2.45) is 0 Å². The largest absolute Gasteiger partial charge is 0.373 e. The molecule has 3 heteroatoms. The van der Waals surface area contributed by atoms with Crippen LogP contribution in [-0.2, 0) is 4.74 Å². The zero-order chi connectivity index (χ0) is 11.5. The van der Waals surface area contributed by atoms with Crippen molar-refractivity contribution in [3.8, 4) is 0 Å². The average molecular weight is 226 g/mol. The van der Waals surface area contributed by atoms with Gasteiger partial charge in [-0.2, -0.15) is 0 Å². The van der Waals surface area contributed by atoms with Crippen molar-refractivity contribution < 1.29 is 4.74 Å². The van der Waals surface area contributed by atoms with E-state index in [2.05, 4.69) is 31.0 Å². The molecule has 2 rings (SSSR count). The van der Waals surface area contributed by atoms with Crippen LogP contribution in [0.2, 0.25) is 0 Å². The molecule has 1 saturated heterocycles. The van der Waals surface area contributed by atoms with Crippen LogP contribution in [0.25, 0.3) is 0 Å². The van der Waals surface area contributed by atoms with Gasteiger partial charge in [0.15, 0.2) is 0 Å². The van der Waals surface area contributed by atoms with E-state index in [9.17, 15) is 0 Å². The minimum atomic E-state index is 0.388. The quantitative estimate of drug-likeness (QED) is 0.771. The Morgan fingerprint density at radius 1 is 1.25 bits per heavy atom. The first kappa shape index (κ1) is 12.3. The van der Waals surface area contributed by atoms with Gasteiger partial charge in [-0.25, -0.2) is 0 Å². The highest BCUT2D eigenvalue weighted by Crippen LogP contribution is 2.20. The van der Waals surface area contributed by atoms with Crippen molar-refractivity contribution in [1.82, 2.24) is 10.2 Å². The third kappa shape index (κ3) is 3.44. The average Bonchev–Trinajstić information content (AvgIpc) is 3.01. The van der Waals surface area contributed by atoms with Crippen LogP contribution in [0.1, 0.15) is 40.0 Å². The Hall–Kier alpha value is -0.120. The van der Waals surface area contributed by atoms with E-state index in [-0.39, 0.29) is 0 Å². The van der Waals surface area contributed by atoms with Gasteiger partial charge in [0.25, 0.3) is 0 Å². The minimum absolute atomic E-state index is 0.388. The van der Waals surface area contributed by atoms with Gasteiger partial charge in [-0.1, -0.05) is 6.92 Å². The zero-order valence-corrected chi connectivity index (χ0v) is 10.9. The van der Waals surface area contributed by atoms with Gasteiger partial charge in [0.2, 0.25) is 0 Å². The first-order chi connectivity index (χ1) is 7.69. The number of hydrogen-bond donors (Lipinski definition) is 1. The summed E-state index contributed by atoms with van der Waals surface area (Å²) in [5.74, 6) is 0. The second-order valence-electron chi connectivity index (χ2n) is 5.46. The molecule has 2 fully saturated rings. The highest BCUT2D eigenvalue weighted by atomic mass is 16.5. The van der Waals surface area contributed by atoms with Gasteiger partial charge in [0, 0.05) is 31.7 Å². The fourth-order valence-corrected chi connectivity index (χ4v) is 2.64. The summed E-state index contributed by atoms with van der Waals surface area (Å²) < 4.78 is 5.79. The molecule has 0 aromatic rings. The summed E-state index contributed by atoms with van der Waals surface area (Å²) in [7, 11) is 0. The molecule has 1 N–H and O–H groups in total. The molecular formula is C13H26N2O. The van der Waals surface area contributed by atoms with Crippen LogP contribution >= 0.6 is 0 Å². The molecule has 0 aromatic heterocycles. The van der Waals surface area contributed by atoms with Crippen LogP contribution in [0.4, 0.5) is 0 Å². The predicted molar refractivity (Wildman–Crippen MR) is 66.7 cm³/mol. The maximum Gasteiger partial charge on any atom is 0.0678 e. The molecule has 0 amide bonds. The van der Waals surface area contributed by atoms with Crippen molar-refractivity contribution in [2.75, 3.05) is 19.6 Å². The molecule has 3 atom stereocenters. The molecule has 0 radical (unpaired) electrons. The number of rotatable bonds is 5. The molecule has 2 aliphatic rings. The standard InChI is InChI=1S/C13H26N2O/c1-4-13(7-14-12-5-6-12)15-8-10(2)16-11(3)9-15/h10-14H,4-9H2,1-3H3/t10-,11+,13?. The van der Waals surface area contributed by atoms with Crippen molar-refractivity contribution in [2.45, 2.75) is 64.3 Å². The van der Waals surface area contributed by atoms with Gasteiger partial charge in [-0.05, 0) is 33.1 Å². The number of nitrogens with zero attached hydrogens (tertiary/aromatic N) is 1. The third-order valence-electron chi connectivity index (χ3n) is 3.66. The molecule has 1 heterocycles. The maximum atomic E-state index is 5.79. The van der Waals surface area contributed by atoms with Crippen LogP contribution < -0.4 is 5.32 Å². The van der Waals surface area contributed by atoms with Gasteiger partial charge in [-0.15, -0.1) is 0 Å². The monoisotopic (exact) mass is 226 g/mol. The highest BCUT2D eigenvalue weighted by Gasteiger charge is 2.28. The van der Waals surface area contributed by atoms with Crippen molar-refractivity contribution in [3.05, 3.63) is 0 Å². The third-order valence-corrected chi connectivity index (χ3v) is 3.66. The maximum absolute atomic E-state index is 5.79. The number of hydrogen-bond acceptors (Lipinski definition) is 3. The van der Waals surface area contributed by atoms with Crippen molar-refractivity contribution in [3.63, 3.8) is 0 Å². The molecular weight excluding hydrogens is 200 g/mol. The fourth-order valence-electron chi connectivity index (χ4n) is 2.64. The lowest BCUT2D eigenvalue weighted by atomic mass is 10.1. The molecule has 3 nitrogen and oxygen atoms in total. The molecule has 1 saturated carbocycles. The molecule has 1 aliphatic heterocycles. The summed E-state index contributed by atoms with van der Waals surface area (Å²) in [4.78, 5) is 2.61. The van der Waals surface area contributed by atoms with E-state index in [4.69, 9.17) is 4.74 Å². The van der Waals surface area contributed by atoms with Gasteiger partial charge in [-0.3, -0.25) is 4.90 Å². The Morgan fingerprint density at radius 2 is 1.88 bits per heavy atom. The van der Waals surface area contributed by atoms with Crippen molar-refractivity contribution in [1.29, 1.82) is 0 Å². The summed E-state index contributed by atoms with van der Waals surface area (Å²) in [6, 6.07) is 1.51. The van der Waals surface area contributed by atoms with E-state index >= 15 is 0 Å². The van der Waals surface area contributed by atoms with Crippen LogP contribution in [0, 0.1) is 0 Å². The van der Waals surface area contributed by atoms with E-state index < -0.39 is 0 Å². The zero-order valence-electron chi connectivity index (χ0n) is 10.9. The van der Waals surface area contributed by atoms with Gasteiger partial charge < -0.3 is 10.1 Å². The summed E-state index contributed by atoms with van der Waals surface area (Å²) >= 11 is 0. The van der Waals surface area contributed by atoms with Crippen molar-refractivity contribution >= 4 is 0 Å². The molecule has 0 spiro atoms. The van der Waals surface area contributed by atoms with E-state index in [0.717, 1.165) is 25.7 Å². The lowest BCUT2D eigenvalue weighted by molar-refractivity contribution is -0.0804. The molecule has 1 unspecified atom stereocenters. The molecule has 0 bridgehead atoms. The summed E-state index contributed by atoms with van der Waals surface area (Å²) in [6.07, 6.45) is 4.77. The summed E-state index contributed by atoms with van der Waals surface area (Å²) in [5, 5.41) is 3.65. The Labute approximate surface area is 99.5 Å². The summed E-state index contributed by atoms with van der Waals surface area (Å²) in [5.41, 5.74) is 0. The molecule has 0 aromatic carbocycles. The number of ether oxygens (including phenoxy) is 1. The Morgan fingerprint density at radius 3 is 2.38 bits per heavy atom. The van der Waals surface area contributed by atoms with Crippen LogP contribution in [0.15, 0.2) is 0 Å². The predicted octanol–water partition coefficient (Wildman–Crippen LogP) is 1.63. The van der Waals surface area contributed by atoms with Gasteiger partial charge in [0.05, 0.1) is 12.2 Å². The Bertz CT molecular complexity index is 208. The smallest absolute Gasteiger partial charge is 0.0678 e. The lowest BCUT2D eigenvalue weighted by Crippen LogP contribution is -2.52. The Kier molecular flexibility index (Phi) is 4.22. The van der Waals surface area contributed by atoms with Crippen LogP contribution in [0.3, 0.4) is 0 Å². The first-order valence-corrected chi connectivity index (χ1v) is 6.82. The number of morpholine rings is 1. The normalized spacial score (nSPS) is 33.9. The molecule has 16 heavy (non-hydrogen) atoms. The van der Waals surface area contributed by atoms with Crippen LogP contribution in [-0.4, -0.2) is 48.8 Å². The summed E-state index contributed by atoms with van der Waals surface area (Å²) in [6.45, 7) is 10.0. The fraction of sp³-hybridized carbons (Fsp3) is 1.00. The minimum Gasteiger partial charge on any atom is -0.373 e. The molecule has 1 aliphatic carbocycles. The van der Waals surface area contributed by atoms with E-state index in [1.54, 1.807) is 0 Å².